The molecule has 0 saturated carbocycles. The van der Waals surface area contributed by atoms with Crippen LogP contribution in [0.5, 0.6) is 0 Å². The molecule has 1 aromatic heterocycles. The minimum absolute atomic E-state index is 0.215. The van der Waals surface area contributed by atoms with Crippen molar-refractivity contribution in [2.45, 2.75) is 19.9 Å². The molecular weight excluding hydrogens is 334 g/mol. The van der Waals surface area contributed by atoms with E-state index < -0.39 is 0 Å². The van der Waals surface area contributed by atoms with Gasteiger partial charge in [0.2, 0.25) is 0 Å². The standard InChI is InChI=1S/C12H13BrClN3S/c1-3-15-7(2)11-16-17-12(18-11)8-5-4-6-9(13)10(8)14/h4-7,15H,3H2,1-2H3. The van der Waals surface area contributed by atoms with E-state index in [1.165, 1.54) is 0 Å². The molecule has 0 bridgehead atoms. The molecule has 0 radical (unpaired) electrons. The maximum Gasteiger partial charge on any atom is 0.149 e. The first-order valence-corrected chi connectivity index (χ1v) is 7.63. The molecule has 3 nitrogen and oxygen atoms in total. The summed E-state index contributed by atoms with van der Waals surface area (Å²) in [5.74, 6) is 0. The van der Waals surface area contributed by atoms with Gasteiger partial charge in [0.15, 0.2) is 0 Å². The summed E-state index contributed by atoms with van der Waals surface area (Å²) in [6.07, 6.45) is 0. The topological polar surface area (TPSA) is 37.8 Å². The quantitative estimate of drug-likeness (QED) is 0.897. The molecule has 96 valence electrons. The van der Waals surface area contributed by atoms with Crippen molar-refractivity contribution in [2.24, 2.45) is 0 Å². The van der Waals surface area contributed by atoms with E-state index in [1.54, 1.807) is 11.3 Å². The summed E-state index contributed by atoms with van der Waals surface area (Å²) in [5, 5.41) is 14.2. The number of hydrogen-bond acceptors (Lipinski definition) is 4. The molecule has 1 aromatic carbocycles. The molecule has 18 heavy (non-hydrogen) atoms. The predicted molar refractivity (Wildman–Crippen MR) is 80.1 cm³/mol. The number of nitrogens with zero attached hydrogens (tertiary/aromatic N) is 2. The fraction of sp³-hybridized carbons (Fsp3) is 0.333. The van der Waals surface area contributed by atoms with Crippen LogP contribution in [0.3, 0.4) is 0 Å². The Bertz CT molecular complexity index is 544. The van der Waals surface area contributed by atoms with Gasteiger partial charge in [-0.15, -0.1) is 10.2 Å². The summed E-state index contributed by atoms with van der Waals surface area (Å²) in [5.41, 5.74) is 0.915. The van der Waals surface area contributed by atoms with Crippen LogP contribution in [0.2, 0.25) is 5.02 Å². The zero-order valence-electron chi connectivity index (χ0n) is 10.1. The first-order chi connectivity index (χ1) is 8.63. The van der Waals surface area contributed by atoms with E-state index in [0.29, 0.717) is 5.02 Å². The van der Waals surface area contributed by atoms with Crippen molar-refractivity contribution in [1.29, 1.82) is 0 Å². The van der Waals surface area contributed by atoms with Gasteiger partial charge in [-0.1, -0.05) is 42.0 Å². The molecule has 0 amide bonds. The summed E-state index contributed by atoms with van der Waals surface area (Å²) in [7, 11) is 0. The summed E-state index contributed by atoms with van der Waals surface area (Å²) >= 11 is 11.2. The van der Waals surface area contributed by atoms with Gasteiger partial charge in [0.05, 0.1) is 11.1 Å². The average Bonchev–Trinajstić information content (AvgIpc) is 2.82. The van der Waals surface area contributed by atoms with E-state index >= 15 is 0 Å². The van der Waals surface area contributed by atoms with Gasteiger partial charge in [-0.3, -0.25) is 0 Å². The Morgan fingerprint density at radius 2 is 2.22 bits per heavy atom. The van der Waals surface area contributed by atoms with Crippen molar-refractivity contribution in [3.63, 3.8) is 0 Å². The minimum atomic E-state index is 0.215. The Hall–Kier alpha value is -0.490. The van der Waals surface area contributed by atoms with Crippen molar-refractivity contribution in [2.75, 3.05) is 6.54 Å². The third kappa shape index (κ3) is 2.91. The molecular formula is C12H13BrClN3S. The van der Waals surface area contributed by atoms with Gasteiger partial charge in [0, 0.05) is 10.0 Å². The van der Waals surface area contributed by atoms with Gasteiger partial charge in [-0.2, -0.15) is 0 Å². The van der Waals surface area contributed by atoms with Crippen molar-refractivity contribution >= 4 is 38.9 Å². The van der Waals surface area contributed by atoms with E-state index in [0.717, 1.165) is 26.6 Å². The second kappa shape index (κ2) is 6.10. The number of aromatic nitrogens is 2. The summed E-state index contributed by atoms with van der Waals surface area (Å²) in [6, 6.07) is 6.02. The third-order valence-electron chi connectivity index (χ3n) is 2.50. The number of nitrogens with one attached hydrogen (secondary N) is 1. The molecule has 1 unspecified atom stereocenters. The Kier molecular flexibility index (Phi) is 4.72. The Balaban J connectivity index is 2.32. The Morgan fingerprint density at radius 1 is 1.44 bits per heavy atom. The lowest BCUT2D eigenvalue weighted by Crippen LogP contribution is -2.17. The van der Waals surface area contributed by atoms with Gasteiger partial charge in [0.1, 0.15) is 10.0 Å². The second-order valence-corrected chi connectivity index (χ2v) is 6.07. The SMILES string of the molecule is CCNC(C)c1nnc(-c2cccc(Br)c2Cl)s1. The van der Waals surface area contributed by atoms with Crippen LogP contribution < -0.4 is 5.32 Å². The second-order valence-electron chi connectivity index (χ2n) is 3.83. The van der Waals surface area contributed by atoms with E-state index in [1.807, 2.05) is 18.2 Å². The van der Waals surface area contributed by atoms with Crippen LogP contribution in [-0.2, 0) is 0 Å². The molecule has 1 atom stereocenters. The molecule has 0 aliphatic heterocycles. The fourth-order valence-electron chi connectivity index (χ4n) is 1.58. The van der Waals surface area contributed by atoms with Crippen LogP contribution in [0, 0.1) is 0 Å². The van der Waals surface area contributed by atoms with Crippen LogP contribution in [0.4, 0.5) is 0 Å². The van der Waals surface area contributed by atoms with E-state index in [4.69, 9.17) is 11.6 Å². The summed E-state index contributed by atoms with van der Waals surface area (Å²) in [4.78, 5) is 0. The summed E-state index contributed by atoms with van der Waals surface area (Å²) < 4.78 is 0.873. The van der Waals surface area contributed by atoms with E-state index in [-0.39, 0.29) is 6.04 Å². The minimum Gasteiger partial charge on any atom is -0.308 e. The molecule has 0 aliphatic rings. The maximum absolute atomic E-state index is 6.25. The van der Waals surface area contributed by atoms with Crippen LogP contribution in [0.1, 0.15) is 24.9 Å². The summed E-state index contributed by atoms with van der Waals surface area (Å²) in [6.45, 7) is 5.06. The van der Waals surface area contributed by atoms with Gasteiger partial charge in [-0.25, -0.2) is 0 Å². The van der Waals surface area contributed by atoms with Crippen molar-refractivity contribution in [3.8, 4) is 10.6 Å². The molecule has 0 saturated heterocycles. The number of halogens is 2. The highest BCUT2D eigenvalue weighted by molar-refractivity contribution is 9.10. The zero-order chi connectivity index (χ0) is 13.1. The Labute approximate surface area is 124 Å². The van der Waals surface area contributed by atoms with Crippen molar-refractivity contribution < 1.29 is 0 Å². The zero-order valence-corrected chi connectivity index (χ0v) is 13.2. The normalized spacial score (nSPS) is 12.7. The number of benzene rings is 1. The lowest BCUT2D eigenvalue weighted by molar-refractivity contribution is 0.590. The van der Waals surface area contributed by atoms with Crippen LogP contribution in [-0.4, -0.2) is 16.7 Å². The van der Waals surface area contributed by atoms with Crippen molar-refractivity contribution in [3.05, 3.63) is 32.7 Å². The van der Waals surface area contributed by atoms with Gasteiger partial charge in [0.25, 0.3) is 0 Å². The van der Waals surface area contributed by atoms with Crippen LogP contribution >= 0.6 is 38.9 Å². The third-order valence-corrected chi connectivity index (χ3v) is 4.94. The lowest BCUT2D eigenvalue weighted by atomic mass is 10.2. The number of hydrogen-bond donors (Lipinski definition) is 1. The molecule has 0 fully saturated rings. The van der Waals surface area contributed by atoms with E-state index in [2.05, 4.69) is 45.3 Å². The first-order valence-electron chi connectivity index (χ1n) is 5.64. The van der Waals surface area contributed by atoms with Crippen molar-refractivity contribution in [1.82, 2.24) is 15.5 Å². The lowest BCUT2D eigenvalue weighted by Gasteiger charge is -2.06. The molecule has 0 aliphatic carbocycles. The maximum atomic E-state index is 6.25. The van der Waals surface area contributed by atoms with Gasteiger partial charge >= 0.3 is 0 Å². The highest BCUT2D eigenvalue weighted by Gasteiger charge is 2.14. The number of rotatable bonds is 4. The van der Waals surface area contributed by atoms with Crippen LogP contribution in [0.25, 0.3) is 10.6 Å². The average molecular weight is 347 g/mol. The van der Waals surface area contributed by atoms with Crippen LogP contribution in [0.15, 0.2) is 22.7 Å². The highest BCUT2D eigenvalue weighted by Crippen LogP contribution is 2.35. The molecule has 2 aromatic rings. The highest BCUT2D eigenvalue weighted by atomic mass is 79.9. The first kappa shape index (κ1) is 13.9. The molecule has 2 rings (SSSR count). The monoisotopic (exact) mass is 345 g/mol. The predicted octanol–water partition coefficient (Wildman–Crippen LogP) is 4.29. The largest absolute Gasteiger partial charge is 0.308 e. The van der Waals surface area contributed by atoms with Gasteiger partial charge in [-0.05, 0) is 35.5 Å². The molecule has 0 spiro atoms. The smallest absolute Gasteiger partial charge is 0.149 e. The van der Waals surface area contributed by atoms with E-state index in [9.17, 15) is 0 Å². The van der Waals surface area contributed by atoms with Gasteiger partial charge < -0.3 is 5.32 Å². The Morgan fingerprint density at radius 3 is 2.94 bits per heavy atom. The molecule has 1 heterocycles. The molecule has 1 N–H and O–H groups in total. The molecule has 6 heteroatoms. The fourth-order valence-corrected chi connectivity index (χ4v) is 3.12.